The van der Waals surface area contributed by atoms with Gasteiger partial charge in [0.15, 0.2) is 0 Å². The van der Waals surface area contributed by atoms with E-state index in [1.165, 1.54) is 18.2 Å². The quantitative estimate of drug-likeness (QED) is 0.912. The Balaban J connectivity index is 0.00000256. The van der Waals surface area contributed by atoms with Gasteiger partial charge in [0.05, 0.1) is 6.10 Å². The van der Waals surface area contributed by atoms with Crippen molar-refractivity contribution in [1.29, 1.82) is 0 Å². The molecule has 1 aromatic carbocycles. The minimum Gasteiger partial charge on any atom is -0.491 e. The van der Waals surface area contributed by atoms with Gasteiger partial charge in [-0.25, -0.2) is 0 Å². The molecule has 0 bridgehead atoms. The van der Waals surface area contributed by atoms with Gasteiger partial charge in [-0.1, -0.05) is 18.2 Å². The summed E-state index contributed by atoms with van der Waals surface area (Å²) >= 11 is 0. The van der Waals surface area contributed by atoms with Crippen molar-refractivity contribution in [3.8, 4) is 5.75 Å². The van der Waals surface area contributed by atoms with E-state index in [1.807, 2.05) is 0 Å². The van der Waals surface area contributed by atoms with E-state index in [0.717, 1.165) is 0 Å². The zero-order valence-electron chi connectivity index (χ0n) is 9.49. The summed E-state index contributed by atoms with van der Waals surface area (Å²) in [5.41, 5.74) is 5.11. The average Bonchev–Trinajstić information content (AvgIpc) is 2.15. The first-order valence-electron chi connectivity index (χ1n) is 4.90. The van der Waals surface area contributed by atoms with E-state index in [0.29, 0.717) is 0 Å². The Morgan fingerprint density at radius 3 is 2.18 bits per heavy atom. The molecule has 0 aliphatic heterocycles. The first kappa shape index (κ1) is 16.1. The second-order valence-corrected chi connectivity index (χ2v) is 3.72. The van der Waals surface area contributed by atoms with Crippen LogP contribution in [0.2, 0.25) is 0 Å². The molecule has 0 aliphatic carbocycles. The zero-order chi connectivity index (χ0) is 12.3. The minimum absolute atomic E-state index is 0. The number of benzene rings is 1. The fourth-order valence-corrected chi connectivity index (χ4v) is 1.28. The Hall–Kier alpha value is -0.940. The molecule has 0 fully saturated rings. The minimum atomic E-state index is -4.46. The summed E-state index contributed by atoms with van der Waals surface area (Å²) in [5.74, 6) is 0.183. The zero-order valence-corrected chi connectivity index (χ0v) is 10.3. The van der Waals surface area contributed by atoms with E-state index in [9.17, 15) is 13.2 Å². The number of para-hydroxylation sites is 1. The van der Waals surface area contributed by atoms with Crippen molar-refractivity contribution in [3.05, 3.63) is 29.8 Å². The predicted octanol–water partition coefficient (Wildman–Crippen LogP) is 3.46. The van der Waals surface area contributed by atoms with Crippen LogP contribution in [0.25, 0.3) is 0 Å². The highest BCUT2D eigenvalue weighted by molar-refractivity contribution is 5.85. The molecule has 0 unspecified atom stereocenters. The van der Waals surface area contributed by atoms with E-state index in [4.69, 9.17) is 10.5 Å². The van der Waals surface area contributed by atoms with E-state index < -0.39 is 12.2 Å². The molecule has 0 amide bonds. The molecule has 0 aromatic heterocycles. The summed E-state index contributed by atoms with van der Waals surface area (Å²) in [6.45, 7) is 3.49. The van der Waals surface area contributed by atoms with Crippen LogP contribution < -0.4 is 10.5 Å². The SMILES string of the molecule is CC(C)Oc1ccccc1[C@H](N)C(F)(F)F.Cl. The second-order valence-electron chi connectivity index (χ2n) is 3.72. The molecule has 0 saturated carbocycles. The highest BCUT2D eigenvalue weighted by Gasteiger charge is 2.39. The van der Waals surface area contributed by atoms with Crippen LogP contribution >= 0.6 is 12.4 Å². The first-order chi connectivity index (χ1) is 7.32. The molecular weight excluding hydrogens is 255 g/mol. The van der Waals surface area contributed by atoms with E-state index in [2.05, 4.69) is 0 Å². The number of hydrogen-bond donors (Lipinski definition) is 1. The smallest absolute Gasteiger partial charge is 0.407 e. The maximum absolute atomic E-state index is 12.5. The van der Waals surface area contributed by atoms with E-state index in [-0.39, 0.29) is 29.8 Å². The van der Waals surface area contributed by atoms with Crippen molar-refractivity contribution in [2.45, 2.75) is 32.2 Å². The lowest BCUT2D eigenvalue weighted by molar-refractivity contribution is -0.149. The summed E-state index contributed by atoms with van der Waals surface area (Å²) < 4.78 is 42.7. The number of nitrogens with two attached hydrogens (primary N) is 1. The average molecular weight is 270 g/mol. The molecule has 6 heteroatoms. The summed E-state index contributed by atoms with van der Waals surface area (Å²) in [4.78, 5) is 0. The van der Waals surface area contributed by atoms with Crippen LogP contribution in [-0.4, -0.2) is 12.3 Å². The maximum atomic E-state index is 12.5. The third-order valence-electron chi connectivity index (χ3n) is 1.97. The van der Waals surface area contributed by atoms with E-state index >= 15 is 0 Å². The van der Waals surface area contributed by atoms with Gasteiger partial charge < -0.3 is 10.5 Å². The van der Waals surface area contributed by atoms with Crippen LogP contribution in [0, 0.1) is 0 Å². The molecule has 1 rings (SSSR count). The molecule has 1 aromatic rings. The molecule has 0 saturated heterocycles. The van der Waals surface area contributed by atoms with Gasteiger partial charge in [-0.15, -0.1) is 12.4 Å². The van der Waals surface area contributed by atoms with Crippen LogP contribution in [0.4, 0.5) is 13.2 Å². The lowest BCUT2D eigenvalue weighted by Gasteiger charge is -2.20. The highest BCUT2D eigenvalue weighted by Crippen LogP contribution is 2.35. The Morgan fingerprint density at radius 2 is 1.71 bits per heavy atom. The Kier molecular flexibility index (Phi) is 5.78. The standard InChI is InChI=1S/C11H14F3NO.ClH/c1-7(2)16-9-6-4-3-5-8(9)10(15)11(12,13)14;/h3-7,10H,15H2,1-2H3;1H/t10-;/m0./s1. The van der Waals surface area contributed by atoms with Crippen molar-refractivity contribution in [2.75, 3.05) is 0 Å². The van der Waals surface area contributed by atoms with Gasteiger partial charge in [-0.3, -0.25) is 0 Å². The first-order valence-corrected chi connectivity index (χ1v) is 4.90. The topological polar surface area (TPSA) is 35.2 Å². The number of rotatable bonds is 3. The Labute approximate surface area is 104 Å². The van der Waals surface area contributed by atoms with E-state index in [1.54, 1.807) is 19.9 Å². The predicted molar refractivity (Wildman–Crippen MR) is 62.4 cm³/mol. The van der Waals surface area contributed by atoms with Crippen molar-refractivity contribution in [1.82, 2.24) is 0 Å². The Bertz CT molecular complexity index is 355. The number of hydrogen-bond acceptors (Lipinski definition) is 2. The van der Waals surface area contributed by atoms with Crippen molar-refractivity contribution in [3.63, 3.8) is 0 Å². The molecule has 0 radical (unpaired) electrons. The Morgan fingerprint density at radius 1 is 1.18 bits per heavy atom. The number of halogens is 4. The lowest BCUT2D eigenvalue weighted by atomic mass is 10.1. The largest absolute Gasteiger partial charge is 0.491 e. The van der Waals surface area contributed by atoms with Crippen molar-refractivity contribution >= 4 is 12.4 Å². The van der Waals surface area contributed by atoms with Crippen LogP contribution in [0.15, 0.2) is 24.3 Å². The van der Waals surface area contributed by atoms with Gasteiger partial charge in [0.2, 0.25) is 0 Å². The summed E-state index contributed by atoms with van der Waals surface area (Å²) in [6.07, 6.45) is -4.65. The van der Waals surface area contributed by atoms with Crippen molar-refractivity contribution < 1.29 is 17.9 Å². The third kappa shape index (κ3) is 4.44. The third-order valence-corrected chi connectivity index (χ3v) is 1.97. The summed E-state index contributed by atoms with van der Waals surface area (Å²) in [6, 6.07) is 3.93. The fraction of sp³-hybridized carbons (Fsp3) is 0.455. The van der Waals surface area contributed by atoms with Gasteiger partial charge in [0.1, 0.15) is 11.8 Å². The molecule has 1 atom stereocenters. The summed E-state index contributed by atoms with van der Waals surface area (Å²) in [7, 11) is 0. The molecule has 17 heavy (non-hydrogen) atoms. The maximum Gasteiger partial charge on any atom is 0.407 e. The second kappa shape index (κ2) is 6.12. The fourth-order valence-electron chi connectivity index (χ4n) is 1.28. The van der Waals surface area contributed by atoms with Gasteiger partial charge in [0.25, 0.3) is 0 Å². The van der Waals surface area contributed by atoms with Crippen LogP contribution in [0.3, 0.4) is 0 Å². The highest BCUT2D eigenvalue weighted by atomic mass is 35.5. The monoisotopic (exact) mass is 269 g/mol. The number of alkyl halides is 3. The molecular formula is C11H15ClF3NO. The van der Waals surface area contributed by atoms with Crippen LogP contribution in [-0.2, 0) is 0 Å². The van der Waals surface area contributed by atoms with Gasteiger partial charge in [-0.2, -0.15) is 13.2 Å². The lowest BCUT2D eigenvalue weighted by Crippen LogP contribution is -2.29. The molecule has 0 spiro atoms. The molecule has 98 valence electrons. The molecule has 0 aliphatic rings. The molecule has 2 nitrogen and oxygen atoms in total. The van der Waals surface area contributed by atoms with Crippen LogP contribution in [0.1, 0.15) is 25.5 Å². The normalized spacial score (nSPS) is 13.1. The van der Waals surface area contributed by atoms with Gasteiger partial charge in [-0.05, 0) is 19.9 Å². The van der Waals surface area contributed by atoms with Gasteiger partial charge in [0, 0.05) is 5.56 Å². The van der Waals surface area contributed by atoms with Crippen LogP contribution in [0.5, 0.6) is 5.75 Å². The van der Waals surface area contributed by atoms with Crippen molar-refractivity contribution in [2.24, 2.45) is 5.73 Å². The van der Waals surface area contributed by atoms with Gasteiger partial charge >= 0.3 is 6.18 Å². The molecule has 0 heterocycles. The number of ether oxygens (including phenoxy) is 1. The summed E-state index contributed by atoms with van der Waals surface area (Å²) in [5, 5.41) is 0. The molecule has 2 N–H and O–H groups in total.